The maximum atomic E-state index is 5.54. The molecule has 0 amide bonds. The number of benzene rings is 2. The molecule has 0 saturated carbocycles. The molecule has 3 rings (SSSR count). The summed E-state index contributed by atoms with van der Waals surface area (Å²) in [7, 11) is 0. The van der Waals surface area contributed by atoms with E-state index in [9.17, 15) is 0 Å². The van der Waals surface area contributed by atoms with E-state index in [4.69, 9.17) is 4.74 Å². The molecule has 128 valence electrons. The van der Waals surface area contributed by atoms with Gasteiger partial charge in [0.05, 0.1) is 12.3 Å². The van der Waals surface area contributed by atoms with Crippen LogP contribution in [0.2, 0.25) is 0 Å². The van der Waals surface area contributed by atoms with Gasteiger partial charge in [-0.3, -0.25) is 4.99 Å². The second-order valence-corrected chi connectivity index (χ2v) is 6.55. The number of para-hydroxylation sites is 1. The molecule has 3 nitrogen and oxygen atoms in total. The molecule has 0 aliphatic rings. The Bertz CT molecular complexity index is 898. The van der Waals surface area contributed by atoms with Gasteiger partial charge in [0, 0.05) is 39.4 Å². The molecule has 0 unspecified atom stereocenters. The molecule has 3 aromatic rings. The molecule has 0 spiro atoms. The minimum absolute atomic E-state index is 0.650. The molecule has 0 fully saturated rings. The number of halogens is 1. The van der Waals surface area contributed by atoms with E-state index in [1.54, 1.807) is 0 Å². The second kappa shape index (κ2) is 7.70. The zero-order valence-corrected chi connectivity index (χ0v) is 16.2. The van der Waals surface area contributed by atoms with E-state index in [0.717, 1.165) is 38.5 Å². The number of ether oxygens (including phenoxy) is 1. The van der Waals surface area contributed by atoms with Gasteiger partial charge in [-0.1, -0.05) is 24.3 Å². The van der Waals surface area contributed by atoms with Crippen molar-refractivity contribution in [1.82, 2.24) is 4.57 Å². The maximum absolute atomic E-state index is 5.54. The maximum Gasteiger partial charge on any atom is 0.121 e. The van der Waals surface area contributed by atoms with Crippen LogP contribution in [0.5, 0.6) is 5.75 Å². The largest absolute Gasteiger partial charge is 0.494 e. The monoisotopic (exact) mass is 396 g/mol. The molecule has 0 bridgehead atoms. The SMILES string of the molecule is CCOc1cccc(N=Cc2c(Br)c(C)n(-c3ccccc3)c2C)c1. The van der Waals surface area contributed by atoms with Gasteiger partial charge in [-0.15, -0.1) is 0 Å². The lowest BCUT2D eigenvalue weighted by Crippen LogP contribution is -1.99. The van der Waals surface area contributed by atoms with Crippen molar-refractivity contribution in [2.75, 3.05) is 6.61 Å². The first kappa shape index (κ1) is 17.5. The molecule has 0 radical (unpaired) electrons. The van der Waals surface area contributed by atoms with Crippen molar-refractivity contribution in [3.05, 3.63) is 76.0 Å². The number of aromatic nitrogens is 1. The Hall–Kier alpha value is -2.33. The highest BCUT2D eigenvalue weighted by Gasteiger charge is 2.15. The van der Waals surface area contributed by atoms with E-state index in [1.165, 1.54) is 0 Å². The zero-order chi connectivity index (χ0) is 17.8. The molecular weight excluding hydrogens is 376 g/mol. The lowest BCUT2D eigenvalue weighted by molar-refractivity contribution is 0.340. The Balaban J connectivity index is 1.97. The molecule has 1 aromatic heterocycles. The first-order valence-corrected chi connectivity index (χ1v) is 9.11. The third kappa shape index (κ3) is 3.69. The van der Waals surface area contributed by atoms with Crippen LogP contribution in [0.15, 0.2) is 64.1 Å². The summed E-state index contributed by atoms with van der Waals surface area (Å²) in [6, 6.07) is 18.2. The minimum atomic E-state index is 0.650. The van der Waals surface area contributed by atoms with Crippen molar-refractivity contribution in [3.8, 4) is 11.4 Å². The summed E-state index contributed by atoms with van der Waals surface area (Å²) in [5.41, 5.74) is 5.43. The van der Waals surface area contributed by atoms with Gasteiger partial charge in [0.2, 0.25) is 0 Å². The molecular formula is C21H21BrN2O. The number of aliphatic imine (C=N–C) groups is 1. The van der Waals surface area contributed by atoms with Crippen LogP contribution < -0.4 is 4.74 Å². The van der Waals surface area contributed by atoms with Gasteiger partial charge in [-0.2, -0.15) is 0 Å². The smallest absolute Gasteiger partial charge is 0.121 e. The number of rotatable bonds is 5. The summed E-state index contributed by atoms with van der Waals surface area (Å²) in [4.78, 5) is 4.64. The Morgan fingerprint density at radius 1 is 1.04 bits per heavy atom. The van der Waals surface area contributed by atoms with Crippen molar-refractivity contribution in [2.45, 2.75) is 20.8 Å². The van der Waals surface area contributed by atoms with Crippen LogP contribution in [-0.4, -0.2) is 17.4 Å². The van der Waals surface area contributed by atoms with Gasteiger partial charge in [0.15, 0.2) is 0 Å². The quantitative estimate of drug-likeness (QED) is 0.485. The van der Waals surface area contributed by atoms with E-state index in [1.807, 2.05) is 43.5 Å². The highest BCUT2D eigenvalue weighted by molar-refractivity contribution is 9.10. The van der Waals surface area contributed by atoms with E-state index in [-0.39, 0.29) is 0 Å². The molecule has 2 aromatic carbocycles. The van der Waals surface area contributed by atoms with Gasteiger partial charge in [-0.25, -0.2) is 0 Å². The third-order valence-corrected chi connectivity index (χ3v) is 5.10. The lowest BCUT2D eigenvalue weighted by atomic mass is 10.2. The zero-order valence-electron chi connectivity index (χ0n) is 14.7. The van der Waals surface area contributed by atoms with Crippen LogP contribution in [0.1, 0.15) is 23.9 Å². The third-order valence-electron chi connectivity index (χ3n) is 4.10. The fraction of sp³-hybridized carbons (Fsp3) is 0.190. The van der Waals surface area contributed by atoms with Gasteiger partial charge in [0.1, 0.15) is 5.75 Å². The summed E-state index contributed by atoms with van der Waals surface area (Å²) < 4.78 is 8.85. The van der Waals surface area contributed by atoms with E-state index in [2.05, 4.69) is 63.6 Å². The molecule has 0 aliphatic heterocycles. The Morgan fingerprint density at radius 3 is 2.52 bits per heavy atom. The van der Waals surface area contributed by atoms with E-state index in [0.29, 0.717) is 6.61 Å². The van der Waals surface area contributed by atoms with Gasteiger partial charge in [-0.05, 0) is 61.0 Å². The van der Waals surface area contributed by atoms with Crippen molar-refractivity contribution in [1.29, 1.82) is 0 Å². The minimum Gasteiger partial charge on any atom is -0.494 e. The Labute approximate surface area is 157 Å². The molecule has 4 heteroatoms. The molecule has 25 heavy (non-hydrogen) atoms. The number of nitrogens with zero attached hydrogens (tertiary/aromatic N) is 2. The van der Waals surface area contributed by atoms with Crippen LogP contribution in [0.3, 0.4) is 0 Å². The van der Waals surface area contributed by atoms with Crippen molar-refractivity contribution < 1.29 is 4.74 Å². The summed E-state index contributed by atoms with van der Waals surface area (Å²) in [5, 5.41) is 0. The summed E-state index contributed by atoms with van der Waals surface area (Å²) in [6.07, 6.45) is 1.91. The summed E-state index contributed by atoms with van der Waals surface area (Å²) in [5.74, 6) is 0.839. The van der Waals surface area contributed by atoms with Crippen LogP contribution in [-0.2, 0) is 0 Å². The predicted molar refractivity (Wildman–Crippen MR) is 108 cm³/mol. The van der Waals surface area contributed by atoms with E-state index >= 15 is 0 Å². The number of hydrogen-bond donors (Lipinski definition) is 0. The number of hydrogen-bond acceptors (Lipinski definition) is 2. The fourth-order valence-electron chi connectivity index (χ4n) is 2.90. The highest BCUT2D eigenvalue weighted by Crippen LogP contribution is 2.30. The molecule has 0 N–H and O–H groups in total. The second-order valence-electron chi connectivity index (χ2n) is 5.76. The molecule has 0 saturated heterocycles. The highest BCUT2D eigenvalue weighted by atomic mass is 79.9. The standard InChI is InChI=1S/C21H21BrN2O/c1-4-25-19-12-8-9-17(13-19)23-14-20-15(2)24(16(3)21(20)22)18-10-6-5-7-11-18/h5-14H,4H2,1-3H3. The van der Waals surface area contributed by atoms with Gasteiger partial charge in [0.25, 0.3) is 0 Å². The van der Waals surface area contributed by atoms with Crippen LogP contribution >= 0.6 is 15.9 Å². The lowest BCUT2D eigenvalue weighted by Gasteiger charge is -2.08. The summed E-state index contributed by atoms with van der Waals surface area (Å²) in [6.45, 7) is 6.85. The average molecular weight is 397 g/mol. The van der Waals surface area contributed by atoms with E-state index < -0.39 is 0 Å². The molecule has 0 atom stereocenters. The Morgan fingerprint density at radius 2 is 1.80 bits per heavy atom. The fourth-order valence-corrected chi connectivity index (χ4v) is 3.46. The summed E-state index contributed by atoms with van der Waals surface area (Å²) >= 11 is 3.73. The van der Waals surface area contributed by atoms with Crippen molar-refractivity contribution >= 4 is 27.8 Å². The first-order chi connectivity index (χ1) is 12.1. The molecule has 0 aliphatic carbocycles. The first-order valence-electron chi connectivity index (χ1n) is 8.31. The van der Waals surface area contributed by atoms with Gasteiger partial charge >= 0.3 is 0 Å². The van der Waals surface area contributed by atoms with Crippen molar-refractivity contribution in [2.24, 2.45) is 4.99 Å². The van der Waals surface area contributed by atoms with Crippen LogP contribution in [0.4, 0.5) is 5.69 Å². The predicted octanol–water partition coefficient (Wildman–Crippen LogP) is 6.01. The van der Waals surface area contributed by atoms with Gasteiger partial charge < -0.3 is 9.30 Å². The topological polar surface area (TPSA) is 26.5 Å². The molecule has 1 heterocycles. The van der Waals surface area contributed by atoms with Crippen molar-refractivity contribution in [3.63, 3.8) is 0 Å². The van der Waals surface area contributed by atoms with Crippen LogP contribution in [0.25, 0.3) is 5.69 Å². The Kier molecular flexibility index (Phi) is 5.39. The van der Waals surface area contributed by atoms with Crippen LogP contribution in [0, 0.1) is 13.8 Å². The average Bonchev–Trinajstić information content (AvgIpc) is 2.84. The normalized spacial score (nSPS) is 11.2.